The molecule has 0 spiro atoms. The molecule has 7 heterocycles. The van der Waals surface area contributed by atoms with Crippen LogP contribution in [-0.4, -0.2) is 346 Å². The Morgan fingerprint density at radius 1 is 0.553 bits per heavy atom. The smallest absolute Gasteiger partial charge is 0.317 e. The lowest BCUT2D eigenvalue weighted by Crippen LogP contribution is -2.69. The highest BCUT2D eigenvalue weighted by atomic mass is 16.8. The van der Waals surface area contributed by atoms with Crippen molar-refractivity contribution in [2.45, 2.75) is 302 Å². The van der Waals surface area contributed by atoms with E-state index < -0.39 is 281 Å². The van der Waals surface area contributed by atoms with Gasteiger partial charge in [0.15, 0.2) is 43.8 Å². The van der Waals surface area contributed by atoms with E-state index in [4.69, 9.17) is 72.0 Å². The monoisotopic (exact) mass is 1480 g/mol. The molecule has 0 aromatic rings. The molecule has 5 aliphatic carbocycles. The summed E-state index contributed by atoms with van der Waals surface area (Å²) < 4.78 is 84.0. The van der Waals surface area contributed by atoms with Crippen molar-refractivity contribution in [3.8, 4) is 0 Å². The highest BCUT2D eigenvalue weighted by Gasteiger charge is 2.73. The van der Waals surface area contributed by atoms with E-state index in [0.29, 0.717) is 38.5 Å². The maximum absolute atomic E-state index is 15.8. The molecule has 103 heavy (non-hydrogen) atoms. The number of carbonyl (C=O) groups is 2. The van der Waals surface area contributed by atoms with Crippen molar-refractivity contribution >= 4 is 12.3 Å². The average molecular weight is 1480 g/mol. The highest BCUT2D eigenvalue weighted by Crippen LogP contribution is 2.76. The van der Waals surface area contributed by atoms with Gasteiger partial charge in [0.25, 0.3) is 0 Å². The van der Waals surface area contributed by atoms with E-state index >= 15 is 4.79 Å². The lowest BCUT2D eigenvalue weighted by atomic mass is 9.33. The fraction of sp³-hybridized carbons (Fsp3) is 0.941. The molecule has 14 unspecified atom stereocenters. The Hall–Kier alpha value is -2.40. The summed E-state index contributed by atoms with van der Waals surface area (Å²) in [6, 6.07) is -1.39. The molecule has 12 rings (SSSR count). The Morgan fingerprint density at radius 2 is 1.14 bits per heavy atom. The van der Waals surface area contributed by atoms with Gasteiger partial charge < -0.3 is 169 Å². The Bertz CT molecular complexity index is 2980. The molecule has 11 fully saturated rings. The number of fused-ring (bicyclic) bond motifs is 7. The summed E-state index contributed by atoms with van der Waals surface area (Å²) in [5, 5.41) is 198. The fourth-order valence-corrected chi connectivity index (χ4v) is 19.8. The van der Waals surface area contributed by atoms with Crippen LogP contribution < -0.4 is 5.73 Å². The van der Waals surface area contributed by atoms with Gasteiger partial charge in [-0.15, -0.1) is 0 Å². The van der Waals surface area contributed by atoms with Crippen molar-refractivity contribution in [2.24, 2.45) is 56.0 Å². The fourth-order valence-electron chi connectivity index (χ4n) is 19.8. The minimum atomic E-state index is -2.10. The maximum Gasteiger partial charge on any atom is 0.317 e. The first-order chi connectivity index (χ1) is 48.4. The van der Waals surface area contributed by atoms with Gasteiger partial charge in [0, 0.05) is 0 Å². The molecule has 35 heteroatoms. The number of hydrogen-bond acceptors (Lipinski definition) is 35. The Balaban J connectivity index is 0.769. The van der Waals surface area contributed by atoms with Crippen molar-refractivity contribution in [1.82, 2.24) is 0 Å². The van der Waals surface area contributed by atoms with Gasteiger partial charge in [0.1, 0.15) is 133 Å². The van der Waals surface area contributed by atoms with Crippen LogP contribution in [0.3, 0.4) is 0 Å². The van der Waals surface area contributed by atoms with E-state index in [0.717, 1.165) is 11.9 Å². The summed E-state index contributed by atoms with van der Waals surface area (Å²) in [5.41, 5.74) is -0.0320. The maximum atomic E-state index is 15.8. The van der Waals surface area contributed by atoms with Crippen molar-refractivity contribution in [3.05, 3.63) is 11.6 Å². The van der Waals surface area contributed by atoms with E-state index in [2.05, 4.69) is 40.7 Å². The molecule has 7 aliphatic heterocycles. The standard InChI is InChI=1S/C68H109NO34/c1-26-48(98-55-47(86)49(30(75)21-91-55)99-60-53(87)67(89,24-73)25-93-60)43(82)46(85)56(94-26)101-51-41(80)38(69)32(18-70)95-59(51)103-61(88)68-15-14-62(2,3)16-28(68)27-8-9-35-63(4)12-11-37(64(5,23-72)34(63)10-13-65(35,6)66(27,7)17-36(68)77)97-58-52(102-57-45(84)42(81)40(79)33(19-71)96-57)50(31(76)22-92-58)100-54-44(83)39(78)29(74)20-90-54/h8,23,26,28-60,70-71,73-87,89H,9-22,24-25,69H2,1-7H3/t26?,28?,29-,30-,31-,32?,33?,34-,35?,36?,37+,38+,39+,40+,41?,42+,43?,44?,45?,46+,47-,48+,49?,50+,51-,52?,53?,54+,55+,56+,57+,58+,59+,60+,63?,64-,65+,66-,67-,68-/m1/s1. The lowest BCUT2D eigenvalue weighted by molar-refractivity contribution is -0.384. The molecule has 20 N–H and O–H groups in total. The molecular formula is C68H109NO34. The molecule has 0 bridgehead atoms. The van der Waals surface area contributed by atoms with E-state index in [1.165, 1.54) is 6.92 Å². The zero-order chi connectivity index (χ0) is 74.9. The molecule has 0 amide bonds. The molecule has 40 atom stereocenters. The highest BCUT2D eigenvalue weighted by molar-refractivity contribution is 5.80. The van der Waals surface area contributed by atoms with Gasteiger partial charge in [-0.3, -0.25) is 4.79 Å². The Morgan fingerprint density at radius 3 is 1.80 bits per heavy atom. The lowest BCUT2D eigenvalue weighted by Gasteiger charge is -2.71. The number of aliphatic hydroxyl groups excluding tert-OH is 17. The van der Waals surface area contributed by atoms with Gasteiger partial charge >= 0.3 is 5.97 Å². The predicted octanol–water partition coefficient (Wildman–Crippen LogP) is -6.86. The Labute approximate surface area is 594 Å². The number of aldehydes is 1. The quantitative estimate of drug-likeness (QED) is 0.0262. The van der Waals surface area contributed by atoms with Gasteiger partial charge in [-0.25, -0.2) is 0 Å². The second-order valence-electron chi connectivity index (χ2n) is 32.9. The molecule has 0 aromatic heterocycles. The summed E-state index contributed by atoms with van der Waals surface area (Å²) in [4.78, 5) is 29.9. The number of esters is 1. The third-order valence-electron chi connectivity index (χ3n) is 26.4. The molecule has 4 saturated carbocycles. The zero-order valence-corrected chi connectivity index (χ0v) is 58.8. The molecular weight excluding hydrogens is 1370 g/mol. The van der Waals surface area contributed by atoms with Crippen LogP contribution in [0.2, 0.25) is 0 Å². The molecule has 590 valence electrons. The van der Waals surface area contributed by atoms with Crippen molar-refractivity contribution in [1.29, 1.82) is 0 Å². The van der Waals surface area contributed by atoms with Crippen LogP contribution in [0.4, 0.5) is 0 Å². The van der Waals surface area contributed by atoms with Crippen LogP contribution >= 0.6 is 0 Å². The van der Waals surface area contributed by atoms with Crippen LogP contribution in [0.5, 0.6) is 0 Å². The largest absolute Gasteiger partial charge is 0.432 e. The number of ether oxygens (including phenoxy) is 14. The summed E-state index contributed by atoms with van der Waals surface area (Å²) in [6.07, 6.45) is -43.4. The second kappa shape index (κ2) is 30.0. The SMILES string of the molecule is CC1O[C@@H](O[C@@H]2C(O)[C@@H](N)C(CO)O[C@H]2OC(=O)[C@]23CCC(C)(C)CC2C2=CCC4C5(C)CC[C@H](O[C@@H]6OC[C@@H](O)[C@H](O[C@@H]7OC[C@@H](O)[C@H](O)C7O)C6O[C@@H]6OC(CO)[C@H](O)[C@H](O)C6O)[C@](C)(C=O)[C@@H]5CC[C@]4(C)[C@]2(C)CC3O)[C@@H](O)C(O)[C@H]1O[C@@H]1OC[C@@H](O)C(O[C@@H]2OC[C@](O)(CO)C2O)[C@H]1O. The van der Waals surface area contributed by atoms with Crippen LogP contribution in [0.1, 0.15) is 106 Å². The first-order valence-electron chi connectivity index (χ1n) is 36.0. The number of carbonyl (C=O) groups excluding carboxylic acids is 2. The number of nitrogens with two attached hydrogens (primary N) is 1. The van der Waals surface area contributed by atoms with E-state index in [-0.39, 0.29) is 36.5 Å². The van der Waals surface area contributed by atoms with Crippen molar-refractivity contribution in [3.63, 3.8) is 0 Å². The van der Waals surface area contributed by atoms with E-state index in [1.54, 1.807) is 6.92 Å². The van der Waals surface area contributed by atoms with Crippen molar-refractivity contribution < 1.29 is 168 Å². The van der Waals surface area contributed by atoms with E-state index in [1.807, 2.05) is 0 Å². The van der Waals surface area contributed by atoms with Crippen LogP contribution in [0, 0.1) is 50.2 Å². The van der Waals surface area contributed by atoms with Crippen LogP contribution in [0.25, 0.3) is 0 Å². The summed E-state index contributed by atoms with van der Waals surface area (Å²) in [5.74, 6) is -2.08. The number of allylic oxidation sites excluding steroid dienone is 2. The minimum Gasteiger partial charge on any atom is -0.432 e. The predicted molar refractivity (Wildman–Crippen MR) is 339 cm³/mol. The third-order valence-corrected chi connectivity index (χ3v) is 26.4. The number of aliphatic hydroxyl groups is 18. The van der Waals surface area contributed by atoms with Gasteiger partial charge in [0.05, 0.1) is 76.0 Å². The first kappa shape index (κ1) is 80.1. The van der Waals surface area contributed by atoms with Gasteiger partial charge in [0.2, 0.25) is 6.29 Å². The van der Waals surface area contributed by atoms with Crippen LogP contribution in [-0.2, 0) is 75.9 Å². The molecule has 0 radical (unpaired) electrons. The molecule has 12 aliphatic rings. The normalized spacial score (nSPS) is 55.1. The van der Waals surface area contributed by atoms with Gasteiger partial charge in [-0.05, 0) is 104 Å². The first-order valence-corrected chi connectivity index (χ1v) is 36.0. The van der Waals surface area contributed by atoms with E-state index in [9.17, 15) is 96.7 Å². The molecule has 35 nitrogen and oxygen atoms in total. The molecule has 7 saturated heterocycles. The van der Waals surface area contributed by atoms with Gasteiger partial charge in [-0.1, -0.05) is 53.2 Å². The summed E-state index contributed by atoms with van der Waals surface area (Å²) in [6.45, 7) is 9.43. The van der Waals surface area contributed by atoms with Gasteiger partial charge in [-0.2, -0.15) is 0 Å². The van der Waals surface area contributed by atoms with Crippen LogP contribution in [0.15, 0.2) is 11.6 Å². The zero-order valence-electron chi connectivity index (χ0n) is 58.8. The molecule has 0 aromatic carbocycles. The topological polar surface area (TPSA) is 554 Å². The summed E-state index contributed by atoms with van der Waals surface area (Å²) in [7, 11) is 0. The second-order valence-corrected chi connectivity index (χ2v) is 32.9. The number of hydrogen-bond donors (Lipinski definition) is 19. The third kappa shape index (κ3) is 13.7. The minimum absolute atomic E-state index is 0.0747. The summed E-state index contributed by atoms with van der Waals surface area (Å²) >= 11 is 0. The van der Waals surface area contributed by atoms with Crippen molar-refractivity contribution in [2.75, 3.05) is 46.2 Å². The number of rotatable bonds is 18. The average Bonchev–Trinajstić information content (AvgIpc) is 0.928. The Kier molecular flexibility index (Phi) is 23.4.